The van der Waals surface area contributed by atoms with Gasteiger partial charge in [-0.3, -0.25) is 9.59 Å². The van der Waals surface area contributed by atoms with Crippen molar-refractivity contribution in [2.24, 2.45) is 0 Å². The quantitative estimate of drug-likeness (QED) is 0.400. The largest absolute Gasteiger partial charge is 0.356 e. The topological polar surface area (TPSA) is 74.8 Å². The fourth-order valence-electron chi connectivity index (χ4n) is 3.01. The number of nitrogens with zero attached hydrogens (tertiary/aromatic N) is 1. The number of carbonyl (C=O) groups excluding carboxylic acids is 2. The van der Waals surface area contributed by atoms with Crippen molar-refractivity contribution in [3.8, 4) is 0 Å². The molecule has 30 heavy (non-hydrogen) atoms. The second-order valence-electron chi connectivity index (χ2n) is 7.03. The zero-order chi connectivity index (χ0) is 21.5. The van der Waals surface area contributed by atoms with Gasteiger partial charge in [0.2, 0.25) is 5.91 Å². The lowest BCUT2D eigenvalue weighted by Gasteiger charge is -2.06. The Morgan fingerprint density at radius 2 is 1.93 bits per heavy atom. The summed E-state index contributed by atoms with van der Waals surface area (Å²) < 4.78 is 14.3. The molecule has 0 aliphatic rings. The highest BCUT2D eigenvalue weighted by Crippen LogP contribution is 2.21. The molecule has 1 amide bonds. The summed E-state index contributed by atoms with van der Waals surface area (Å²) in [5.41, 5.74) is 3.90. The zero-order valence-corrected chi connectivity index (χ0v) is 17.8. The molecule has 0 atom stereocenters. The minimum absolute atomic E-state index is 0.153. The summed E-state index contributed by atoms with van der Waals surface area (Å²) in [6.45, 7) is 3.74. The first kappa shape index (κ1) is 21.8. The monoisotopic (exact) mass is 425 g/mol. The molecule has 7 heteroatoms. The number of thioether (sulfide) groups is 1. The van der Waals surface area contributed by atoms with Gasteiger partial charge in [-0.2, -0.15) is 0 Å². The molecule has 0 saturated heterocycles. The van der Waals surface area contributed by atoms with Gasteiger partial charge in [0.15, 0.2) is 10.9 Å². The number of rotatable bonds is 9. The van der Waals surface area contributed by atoms with Crippen LogP contribution >= 0.6 is 11.8 Å². The van der Waals surface area contributed by atoms with E-state index in [4.69, 9.17) is 0 Å². The van der Waals surface area contributed by atoms with E-state index in [1.54, 1.807) is 12.1 Å². The highest BCUT2D eigenvalue weighted by atomic mass is 32.2. The van der Waals surface area contributed by atoms with Gasteiger partial charge in [-0.25, -0.2) is 9.37 Å². The normalized spacial score (nSPS) is 10.8. The Balaban J connectivity index is 1.57. The van der Waals surface area contributed by atoms with Crippen LogP contribution in [0.25, 0.3) is 0 Å². The zero-order valence-electron chi connectivity index (χ0n) is 17.0. The number of nitrogens with one attached hydrogen (secondary N) is 2. The molecule has 5 nitrogen and oxygen atoms in total. The van der Waals surface area contributed by atoms with Crippen LogP contribution in [0.5, 0.6) is 0 Å². The third kappa shape index (κ3) is 6.03. The van der Waals surface area contributed by atoms with Crippen LogP contribution in [0.3, 0.4) is 0 Å². The molecular formula is C23H24FN3O2S. The smallest absolute Gasteiger partial charge is 0.216 e. The van der Waals surface area contributed by atoms with Crippen molar-refractivity contribution in [2.45, 2.75) is 31.8 Å². The maximum atomic E-state index is 14.3. The van der Waals surface area contributed by atoms with Gasteiger partial charge < -0.3 is 10.3 Å². The summed E-state index contributed by atoms with van der Waals surface area (Å²) >= 11 is 1.31. The molecule has 1 heterocycles. The Kier molecular flexibility index (Phi) is 7.41. The maximum Gasteiger partial charge on any atom is 0.216 e. The lowest BCUT2D eigenvalue weighted by atomic mass is 10.1. The minimum Gasteiger partial charge on any atom is -0.356 e. The van der Waals surface area contributed by atoms with E-state index >= 15 is 0 Å². The number of Topliss-reactive ketones (excluding diaryl/α,β-unsaturated/α-hetero) is 1. The fourth-order valence-corrected chi connectivity index (χ4v) is 3.85. The minimum atomic E-state index is -0.435. The number of hydrogen-bond acceptors (Lipinski definition) is 4. The van der Waals surface area contributed by atoms with E-state index in [2.05, 4.69) is 27.4 Å². The van der Waals surface area contributed by atoms with Crippen LogP contribution in [0.4, 0.5) is 4.39 Å². The van der Waals surface area contributed by atoms with E-state index < -0.39 is 5.82 Å². The van der Waals surface area contributed by atoms with Gasteiger partial charge in [0.1, 0.15) is 5.82 Å². The summed E-state index contributed by atoms with van der Waals surface area (Å²) in [6.07, 6.45) is 1.10. The molecule has 2 N–H and O–H groups in total. The fraction of sp³-hybridized carbons (Fsp3) is 0.261. The van der Waals surface area contributed by atoms with Crippen LogP contribution in [-0.4, -0.2) is 34.0 Å². The number of hydrogen-bond donors (Lipinski definition) is 2. The summed E-state index contributed by atoms with van der Waals surface area (Å²) in [5.74, 6) is -0.580. The number of H-pyrrole nitrogens is 1. The third-order valence-corrected chi connectivity index (χ3v) is 5.53. The Morgan fingerprint density at radius 1 is 1.17 bits per heavy atom. The average Bonchev–Trinajstić information content (AvgIpc) is 3.07. The Morgan fingerprint density at radius 3 is 2.63 bits per heavy atom. The van der Waals surface area contributed by atoms with Crippen molar-refractivity contribution >= 4 is 23.5 Å². The van der Waals surface area contributed by atoms with Gasteiger partial charge in [-0.1, -0.05) is 54.2 Å². The van der Waals surface area contributed by atoms with Crippen LogP contribution < -0.4 is 5.32 Å². The predicted octanol–water partition coefficient (Wildman–Crippen LogP) is 4.10. The number of aromatic nitrogens is 2. The molecule has 156 valence electrons. The summed E-state index contributed by atoms with van der Waals surface area (Å²) in [6, 6.07) is 14.6. The Labute approximate surface area is 179 Å². The number of carbonyl (C=O) groups is 2. The van der Waals surface area contributed by atoms with Crippen molar-refractivity contribution in [1.29, 1.82) is 0 Å². The van der Waals surface area contributed by atoms with Crippen molar-refractivity contribution in [1.82, 2.24) is 15.3 Å². The SMILES string of the molecule is CC(=O)NCCc1ccc(C(=O)CSc2nc(Cc3ccccc3)c(C)[nH]2)cc1F. The van der Waals surface area contributed by atoms with Crippen molar-refractivity contribution in [3.05, 3.63) is 82.4 Å². The van der Waals surface area contributed by atoms with E-state index in [9.17, 15) is 14.0 Å². The van der Waals surface area contributed by atoms with Crippen LogP contribution in [-0.2, 0) is 17.6 Å². The molecular weight excluding hydrogens is 401 g/mol. The van der Waals surface area contributed by atoms with E-state index in [-0.39, 0.29) is 17.4 Å². The molecule has 0 saturated carbocycles. The van der Waals surface area contributed by atoms with Crippen LogP contribution in [0, 0.1) is 12.7 Å². The van der Waals surface area contributed by atoms with Crippen molar-refractivity contribution < 1.29 is 14.0 Å². The molecule has 0 aliphatic heterocycles. The van der Waals surface area contributed by atoms with E-state index in [1.165, 1.54) is 30.3 Å². The molecule has 0 aliphatic carbocycles. The first-order chi connectivity index (χ1) is 14.4. The van der Waals surface area contributed by atoms with Gasteiger partial charge in [0.25, 0.3) is 0 Å². The maximum absolute atomic E-state index is 14.3. The van der Waals surface area contributed by atoms with Gasteiger partial charge in [0.05, 0.1) is 11.4 Å². The third-order valence-electron chi connectivity index (χ3n) is 4.66. The summed E-state index contributed by atoms with van der Waals surface area (Å²) in [4.78, 5) is 31.2. The molecule has 0 radical (unpaired) electrons. The molecule has 0 spiro atoms. The Bertz CT molecular complexity index is 1030. The van der Waals surface area contributed by atoms with Crippen LogP contribution in [0.2, 0.25) is 0 Å². The second-order valence-corrected chi connectivity index (χ2v) is 7.99. The van der Waals surface area contributed by atoms with Gasteiger partial charge in [-0.05, 0) is 30.5 Å². The molecule has 3 rings (SSSR count). The molecule has 0 unspecified atom stereocenters. The number of halogens is 1. The first-order valence-electron chi connectivity index (χ1n) is 9.70. The van der Waals surface area contributed by atoms with Crippen LogP contribution in [0.15, 0.2) is 53.7 Å². The number of amides is 1. The first-order valence-corrected chi connectivity index (χ1v) is 10.7. The number of benzene rings is 2. The van der Waals surface area contributed by atoms with Crippen LogP contribution in [0.1, 0.15) is 39.8 Å². The van der Waals surface area contributed by atoms with Gasteiger partial charge >= 0.3 is 0 Å². The van der Waals surface area contributed by atoms with Crippen molar-refractivity contribution in [2.75, 3.05) is 12.3 Å². The average molecular weight is 426 g/mol. The predicted molar refractivity (Wildman–Crippen MR) is 116 cm³/mol. The highest BCUT2D eigenvalue weighted by Gasteiger charge is 2.13. The standard InChI is InChI=1S/C23H24FN3O2S/c1-15-21(12-17-6-4-3-5-7-17)27-23(26-15)30-14-22(29)19-9-8-18(20(24)13-19)10-11-25-16(2)28/h3-9,13H,10-12,14H2,1-2H3,(H,25,28)(H,26,27). The number of imidazole rings is 1. The van der Waals surface area contributed by atoms with E-state index in [1.807, 2.05) is 25.1 Å². The second kappa shape index (κ2) is 10.2. The summed E-state index contributed by atoms with van der Waals surface area (Å²) in [7, 11) is 0. The van der Waals surface area contributed by atoms with Crippen molar-refractivity contribution in [3.63, 3.8) is 0 Å². The highest BCUT2D eigenvalue weighted by molar-refractivity contribution is 7.99. The number of ketones is 1. The number of aryl methyl sites for hydroxylation is 1. The molecule has 0 bridgehead atoms. The van der Waals surface area contributed by atoms with Gasteiger partial charge in [0, 0.05) is 31.1 Å². The Hall–Kier alpha value is -2.93. The molecule has 0 fully saturated rings. The molecule has 2 aromatic carbocycles. The van der Waals surface area contributed by atoms with Gasteiger partial charge in [-0.15, -0.1) is 0 Å². The van der Waals surface area contributed by atoms with E-state index in [0.717, 1.165) is 17.8 Å². The lowest BCUT2D eigenvalue weighted by Crippen LogP contribution is -2.22. The van der Waals surface area contributed by atoms with E-state index in [0.29, 0.717) is 29.2 Å². The molecule has 3 aromatic rings. The summed E-state index contributed by atoms with van der Waals surface area (Å²) in [5, 5.41) is 3.31. The number of aromatic amines is 1. The molecule has 1 aromatic heterocycles. The lowest BCUT2D eigenvalue weighted by molar-refractivity contribution is -0.118.